The van der Waals surface area contributed by atoms with Crippen LogP contribution in [0.4, 0.5) is 0 Å². The highest BCUT2D eigenvalue weighted by molar-refractivity contribution is 5.79. The molecular weight excluding hydrogens is 238 g/mol. The van der Waals surface area contributed by atoms with Gasteiger partial charge in [-0.2, -0.15) is 0 Å². The smallest absolute Gasteiger partial charge is 0.324 e. The van der Waals surface area contributed by atoms with Crippen LogP contribution in [0.15, 0.2) is 23.3 Å². The van der Waals surface area contributed by atoms with Crippen LogP contribution in [0.25, 0.3) is 0 Å². The molecule has 0 amide bonds. The summed E-state index contributed by atoms with van der Waals surface area (Å²) in [5, 5.41) is 9.07. The zero-order valence-corrected chi connectivity index (χ0v) is 13.4. The quantitative estimate of drug-likeness (QED) is 0.786. The van der Waals surface area contributed by atoms with Crippen LogP contribution in [0.2, 0.25) is 0 Å². The van der Waals surface area contributed by atoms with Crippen LogP contribution in [0.1, 0.15) is 67.2 Å². The van der Waals surface area contributed by atoms with Gasteiger partial charge in [-0.1, -0.05) is 46.8 Å². The minimum atomic E-state index is -1.06. The van der Waals surface area contributed by atoms with Crippen LogP contribution < -0.4 is 5.73 Å². The molecular formula is C16H31NO2. The number of carbonyl (C=O) groups is 1. The van der Waals surface area contributed by atoms with Gasteiger partial charge in [0.1, 0.15) is 5.54 Å². The minimum Gasteiger partial charge on any atom is -0.480 e. The summed E-state index contributed by atoms with van der Waals surface area (Å²) in [6.07, 6.45) is 6.81. The lowest BCUT2D eigenvalue weighted by atomic mass is 9.76. The van der Waals surface area contributed by atoms with E-state index >= 15 is 0 Å². The first-order valence-electron chi connectivity index (χ1n) is 7.40. The molecule has 0 aliphatic heterocycles. The Kier molecular flexibility index (Phi) is 11.5. The number of hydrogen-bond donors (Lipinski definition) is 2. The highest BCUT2D eigenvalue weighted by atomic mass is 16.4. The molecule has 0 aromatic rings. The Morgan fingerprint density at radius 2 is 1.84 bits per heavy atom. The molecule has 1 rings (SSSR count). The topological polar surface area (TPSA) is 63.3 Å². The fraction of sp³-hybridized carbons (Fsp3) is 0.688. The first kappa shape index (κ1) is 20.2. The van der Waals surface area contributed by atoms with Gasteiger partial charge in [0.2, 0.25) is 0 Å². The van der Waals surface area contributed by atoms with Gasteiger partial charge in [0.05, 0.1) is 0 Å². The van der Waals surface area contributed by atoms with Crippen LogP contribution >= 0.6 is 0 Å². The number of aliphatic carboxylic acids is 1. The van der Waals surface area contributed by atoms with E-state index in [-0.39, 0.29) is 0 Å². The van der Waals surface area contributed by atoms with E-state index in [1.165, 1.54) is 5.57 Å². The van der Waals surface area contributed by atoms with E-state index in [1.54, 1.807) is 0 Å². The van der Waals surface area contributed by atoms with Crippen molar-refractivity contribution in [2.24, 2.45) is 5.73 Å². The fourth-order valence-electron chi connectivity index (χ4n) is 2.02. The second-order valence-corrected chi connectivity index (χ2v) is 4.09. The van der Waals surface area contributed by atoms with Crippen LogP contribution in [-0.2, 0) is 4.79 Å². The zero-order valence-electron chi connectivity index (χ0n) is 13.4. The molecule has 1 atom stereocenters. The standard InChI is InChI=1S/C12H19NO2.2C2H6/c1-3-5-10-8-12(13,11(14)15)7-6-9(10)4-2;2*1-2/h4-5H,3,6-8,13H2,1-2H3,(H,14,15);2*1-2H3/b9-4-,10-5-;;. The molecule has 1 aliphatic rings. The number of carboxylic acids is 1. The maximum absolute atomic E-state index is 11.0. The van der Waals surface area contributed by atoms with E-state index in [1.807, 2.05) is 41.5 Å². The normalized spacial score (nSPS) is 26.1. The van der Waals surface area contributed by atoms with Crippen molar-refractivity contribution in [1.82, 2.24) is 0 Å². The summed E-state index contributed by atoms with van der Waals surface area (Å²) in [6, 6.07) is 0. The molecule has 1 unspecified atom stereocenters. The minimum absolute atomic E-state index is 0.454. The van der Waals surface area contributed by atoms with Gasteiger partial charge in [0, 0.05) is 6.42 Å². The lowest BCUT2D eigenvalue weighted by Gasteiger charge is -2.32. The molecule has 3 N–H and O–H groups in total. The van der Waals surface area contributed by atoms with Crippen molar-refractivity contribution >= 4 is 5.97 Å². The first-order chi connectivity index (χ1) is 9.03. The van der Waals surface area contributed by atoms with Crippen molar-refractivity contribution in [3.63, 3.8) is 0 Å². The summed E-state index contributed by atoms with van der Waals surface area (Å²) in [4.78, 5) is 11.0. The summed E-state index contributed by atoms with van der Waals surface area (Å²) < 4.78 is 0. The highest BCUT2D eigenvalue weighted by Gasteiger charge is 2.38. The maximum atomic E-state index is 11.0. The average molecular weight is 269 g/mol. The van der Waals surface area contributed by atoms with Crippen molar-refractivity contribution in [3.8, 4) is 0 Å². The van der Waals surface area contributed by atoms with Crippen molar-refractivity contribution in [2.45, 2.75) is 72.8 Å². The first-order valence-corrected chi connectivity index (χ1v) is 7.40. The van der Waals surface area contributed by atoms with Gasteiger partial charge < -0.3 is 10.8 Å². The molecule has 3 heteroatoms. The molecule has 1 aliphatic carbocycles. The lowest BCUT2D eigenvalue weighted by Crippen LogP contribution is -2.50. The number of allylic oxidation sites excluding steroid dienone is 3. The van der Waals surface area contributed by atoms with Crippen molar-refractivity contribution in [3.05, 3.63) is 23.3 Å². The molecule has 0 radical (unpaired) electrons. The molecule has 0 aromatic carbocycles. The van der Waals surface area contributed by atoms with Gasteiger partial charge in [-0.25, -0.2) is 0 Å². The van der Waals surface area contributed by atoms with E-state index in [4.69, 9.17) is 10.8 Å². The van der Waals surface area contributed by atoms with Crippen LogP contribution in [0.3, 0.4) is 0 Å². The van der Waals surface area contributed by atoms with Gasteiger partial charge in [0.25, 0.3) is 0 Å². The Bertz CT molecular complexity index is 319. The van der Waals surface area contributed by atoms with Crippen molar-refractivity contribution in [1.29, 1.82) is 0 Å². The number of hydrogen-bond acceptors (Lipinski definition) is 2. The van der Waals surface area contributed by atoms with Crippen molar-refractivity contribution < 1.29 is 9.90 Å². The van der Waals surface area contributed by atoms with E-state index in [0.717, 1.165) is 18.4 Å². The van der Waals surface area contributed by atoms with Crippen LogP contribution in [0.5, 0.6) is 0 Å². The van der Waals surface area contributed by atoms with E-state index in [9.17, 15) is 4.79 Å². The second kappa shape index (κ2) is 10.8. The molecule has 3 nitrogen and oxygen atoms in total. The molecule has 0 saturated heterocycles. The summed E-state index contributed by atoms with van der Waals surface area (Å²) in [6.45, 7) is 12.0. The Labute approximate surface area is 118 Å². The predicted octanol–water partition coefficient (Wildman–Crippen LogP) is 4.29. The molecule has 0 spiro atoms. The molecule has 0 heterocycles. The average Bonchev–Trinajstić information content (AvgIpc) is 2.44. The number of nitrogens with two attached hydrogens (primary N) is 1. The third kappa shape index (κ3) is 6.06. The van der Waals surface area contributed by atoms with E-state index in [2.05, 4.69) is 12.2 Å². The van der Waals surface area contributed by atoms with Gasteiger partial charge in [-0.05, 0) is 37.3 Å². The van der Waals surface area contributed by atoms with Crippen LogP contribution in [0, 0.1) is 0 Å². The molecule has 19 heavy (non-hydrogen) atoms. The van der Waals surface area contributed by atoms with E-state index in [0.29, 0.717) is 12.8 Å². The summed E-state index contributed by atoms with van der Waals surface area (Å²) in [7, 11) is 0. The third-order valence-electron chi connectivity index (χ3n) is 2.98. The Morgan fingerprint density at radius 1 is 1.32 bits per heavy atom. The largest absolute Gasteiger partial charge is 0.480 e. The predicted molar refractivity (Wildman–Crippen MR) is 83.2 cm³/mol. The zero-order chi connectivity index (χ0) is 15.5. The fourth-order valence-corrected chi connectivity index (χ4v) is 2.02. The summed E-state index contributed by atoms with van der Waals surface area (Å²) in [5.41, 5.74) is 7.17. The molecule has 1 saturated carbocycles. The molecule has 112 valence electrons. The number of rotatable bonds is 2. The third-order valence-corrected chi connectivity index (χ3v) is 2.98. The summed E-state index contributed by atoms with van der Waals surface area (Å²) >= 11 is 0. The molecule has 0 bridgehead atoms. The van der Waals surface area contributed by atoms with Gasteiger partial charge in [0.15, 0.2) is 0 Å². The highest BCUT2D eigenvalue weighted by Crippen LogP contribution is 2.34. The SMILES string of the molecule is C/C=C1/CCC(N)(C(=O)O)C/C1=C/CC.CC.CC. The van der Waals surface area contributed by atoms with Crippen LogP contribution in [-0.4, -0.2) is 16.6 Å². The maximum Gasteiger partial charge on any atom is 0.324 e. The second-order valence-electron chi connectivity index (χ2n) is 4.09. The van der Waals surface area contributed by atoms with Gasteiger partial charge in [-0.3, -0.25) is 4.79 Å². The Morgan fingerprint density at radius 3 is 2.21 bits per heavy atom. The van der Waals surface area contributed by atoms with E-state index < -0.39 is 11.5 Å². The van der Waals surface area contributed by atoms with Gasteiger partial charge >= 0.3 is 5.97 Å². The lowest BCUT2D eigenvalue weighted by molar-refractivity contribution is -0.143. The number of carboxylic acid groups (broad SMARTS) is 1. The summed E-state index contributed by atoms with van der Waals surface area (Å²) in [5.74, 6) is -0.889. The molecule has 0 aromatic heterocycles. The molecule has 1 fully saturated rings. The monoisotopic (exact) mass is 269 g/mol. The Hall–Kier alpha value is -1.09. The Balaban J connectivity index is 0. The van der Waals surface area contributed by atoms with Gasteiger partial charge in [-0.15, -0.1) is 0 Å². The van der Waals surface area contributed by atoms with Crippen molar-refractivity contribution in [2.75, 3.05) is 0 Å².